The van der Waals surface area contributed by atoms with E-state index in [1.54, 1.807) is 0 Å². The second-order valence-electron chi connectivity index (χ2n) is 5.98. The first-order valence-corrected chi connectivity index (χ1v) is 6.57. The van der Waals surface area contributed by atoms with Crippen LogP contribution in [0.3, 0.4) is 0 Å². The van der Waals surface area contributed by atoms with Gasteiger partial charge in [0.15, 0.2) is 0 Å². The number of hydrogen-bond acceptors (Lipinski definition) is 2. The summed E-state index contributed by atoms with van der Waals surface area (Å²) >= 11 is 0. The number of piperazine rings is 1. The Kier molecular flexibility index (Phi) is 3.36. The highest BCUT2D eigenvalue weighted by atomic mass is 15.3. The molecule has 88 valence electrons. The van der Waals surface area contributed by atoms with E-state index in [-0.39, 0.29) is 0 Å². The summed E-state index contributed by atoms with van der Waals surface area (Å²) < 4.78 is 0. The van der Waals surface area contributed by atoms with Gasteiger partial charge in [0.05, 0.1) is 0 Å². The van der Waals surface area contributed by atoms with Crippen LogP contribution in [0.25, 0.3) is 0 Å². The van der Waals surface area contributed by atoms with Crippen LogP contribution in [0.5, 0.6) is 0 Å². The molecule has 0 amide bonds. The van der Waals surface area contributed by atoms with Gasteiger partial charge in [-0.05, 0) is 38.5 Å². The molecule has 2 rings (SSSR count). The average molecular weight is 210 g/mol. The van der Waals surface area contributed by atoms with Gasteiger partial charge < -0.3 is 5.32 Å². The highest BCUT2D eigenvalue weighted by molar-refractivity contribution is 4.94. The van der Waals surface area contributed by atoms with E-state index >= 15 is 0 Å². The number of nitrogens with zero attached hydrogens (tertiary/aromatic N) is 1. The number of rotatable bonds is 2. The third-order valence-corrected chi connectivity index (χ3v) is 4.37. The van der Waals surface area contributed by atoms with E-state index in [4.69, 9.17) is 0 Å². The largest absolute Gasteiger partial charge is 0.311 e. The minimum absolute atomic E-state index is 0.680. The zero-order valence-electron chi connectivity index (χ0n) is 10.7. The van der Waals surface area contributed by atoms with E-state index < -0.39 is 0 Å². The summed E-state index contributed by atoms with van der Waals surface area (Å²) in [4.78, 5) is 2.74. The molecule has 2 atom stereocenters. The fourth-order valence-electron chi connectivity index (χ4n) is 3.00. The molecule has 2 fully saturated rings. The maximum Gasteiger partial charge on any atom is 0.0196 e. The van der Waals surface area contributed by atoms with Crippen molar-refractivity contribution in [3.05, 3.63) is 0 Å². The summed E-state index contributed by atoms with van der Waals surface area (Å²) in [5.41, 5.74) is 0. The van der Waals surface area contributed by atoms with Crippen LogP contribution in [0.1, 0.15) is 40.5 Å². The van der Waals surface area contributed by atoms with Crippen LogP contribution in [-0.2, 0) is 0 Å². The fourth-order valence-corrected chi connectivity index (χ4v) is 3.00. The molecule has 2 unspecified atom stereocenters. The molecule has 1 N–H and O–H groups in total. The predicted octanol–water partition coefficient (Wildman–Crippen LogP) is 2.10. The van der Waals surface area contributed by atoms with Crippen molar-refractivity contribution in [2.75, 3.05) is 13.1 Å². The molecule has 1 aliphatic heterocycles. The highest BCUT2D eigenvalue weighted by Crippen LogP contribution is 2.38. The molecule has 0 spiro atoms. The van der Waals surface area contributed by atoms with Crippen molar-refractivity contribution in [1.82, 2.24) is 10.2 Å². The minimum atomic E-state index is 0.680. The fraction of sp³-hybridized carbons (Fsp3) is 1.00. The lowest BCUT2D eigenvalue weighted by atomic mass is 9.72. The van der Waals surface area contributed by atoms with Crippen molar-refractivity contribution in [3.8, 4) is 0 Å². The average Bonchev–Trinajstić information content (AvgIpc) is 2.08. The first-order chi connectivity index (χ1) is 7.08. The minimum Gasteiger partial charge on any atom is -0.311 e. The van der Waals surface area contributed by atoms with E-state index in [9.17, 15) is 0 Å². The number of nitrogens with one attached hydrogen (secondary N) is 1. The van der Waals surface area contributed by atoms with Gasteiger partial charge in [0.25, 0.3) is 0 Å². The van der Waals surface area contributed by atoms with Crippen LogP contribution in [0.2, 0.25) is 0 Å². The van der Waals surface area contributed by atoms with E-state index in [1.165, 1.54) is 25.9 Å². The van der Waals surface area contributed by atoms with E-state index in [1.807, 2.05) is 0 Å². The number of hydrogen-bond donors (Lipinski definition) is 1. The van der Waals surface area contributed by atoms with Crippen LogP contribution in [0.15, 0.2) is 0 Å². The molecule has 1 aliphatic carbocycles. The van der Waals surface area contributed by atoms with Gasteiger partial charge in [0.1, 0.15) is 0 Å². The Morgan fingerprint density at radius 3 is 2.47 bits per heavy atom. The monoisotopic (exact) mass is 210 g/mol. The van der Waals surface area contributed by atoms with Gasteiger partial charge in [-0.1, -0.05) is 13.8 Å². The molecule has 2 heteroatoms. The standard InChI is InChI=1S/C13H26N2/c1-9(2)12-5-13(6-12)15-8-10(3)14-7-11(15)4/h9-14H,5-8H2,1-4H3. The summed E-state index contributed by atoms with van der Waals surface area (Å²) in [6, 6.07) is 2.30. The summed E-state index contributed by atoms with van der Waals surface area (Å²) in [5.74, 6) is 1.88. The van der Waals surface area contributed by atoms with Gasteiger partial charge in [-0.15, -0.1) is 0 Å². The smallest absolute Gasteiger partial charge is 0.0196 e. The lowest BCUT2D eigenvalue weighted by Crippen LogP contribution is -2.60. The molecule has 0 radical (unpaired) electrons. The van der Waals surface area contributed by atoms with Crippen LogP contribution in [0, 0.1) is 11.8 Å². The van der Waals surface area contributed by atoms with Gasteiger partial charge in [0, 0.05) is 31.2 Å². The second kappa shape index (κ2) is 4.42. The van der Waals surface area contributed by atoms with Crippen molar-refractivity contribution in [2.45, 2.75) is 58.7 Å². The van der Waals surface area contributed by atoms with Gasteiger partial charge in [0.2, 0.25) is 0 Å². The summed E-state index contributed by atoms with van der Waals surface area (Å²) in [6.07, 6.45) is 2.88. The molecule has 0 aromatic heterocycles. The zero-order chi connectivity index (χ0) is 11.0. The Bertz CT molecular complexity index is 209. The Morgan fingerprint density at radius 1 is 1.20 bits per heavy atom. The van der Waals surface area contributed by atoms with Gasteiger partial charge in [-0.3, -0.25) is 4.90 Å². The highest BCUT2D eigenvalue weighted by Gasteiger charge is 2.38. The molecular formula is C13H26N2. The SMILES string of the molecule is CC1CN(C2CC(C(C)C)C2)C(C)CN1. The Balaban J connectivity index is 1.84. The van der Waals surface area contributed by atoms with Crippen molar-refractivity contribution in [1.29, 1.82) is 0 Å². The first-order valence-electron chi connectivity index (χ1n) is 6.57. The molecule has 1 saturated carbocycles. The van der Waals surface area contributed by atoms with E-state index in [2.05, 4.69) is 37.9 Å². The van der Waals surface area contributed by atoms with Crippen LogP contribution >= 0.6 is 0 Å². The Labute approximate surface area is 94.4 Å². The van der Waals surface area contributed by atoms with Crippen molar-refractivity contribution in [2.24, 2.45) is 11.8 Å². The summed E-state index contributed by atoms with van der Waals surface area (Å²) in [5, 5.41) is 3.56. The summed E-state index contributed by atoms with van der Waals surface area (Å²) in [7, 11) is 0. The topological polar surface area (TPSA) is 15.3 Å². The van der Waals surface area contributed by atoms with Gasteiger partial charge >= 0.3 is 0 Å². The molecule has 0 bridgehead atoms. The van der Waals surface area contributed by atoms with Crippen molar-refractivity contribution >= 4 is 0 Å². The quantitative estimate of drug-likeness (QED) is 0.751. The van der Waals surface area contributed by atoms with Crippen molar-refractivity contribution < 1.29 is 0 Å². The Hall–Kier alpha value is -0.0800. The molecule has 2 aliphatic rings. The molecular weight excluding hydrogens is 184 g/mol. The normalized spacial score (nSPS) is 43.0. The van der Waals surface area contributed by atoms with Crippen LogP contribution in [0.4, 0.5) is 0 Å². The Morgan fingerprint density at radius 2 is 1.87 bits per heavy atom. The molecule has 1 heterocycles. The van der Waals surface area contributed by atoms with Crippen LogP contribution < -0.4 is 5.32 Å². The van der Waals surface area contributed by atoms with Gasteiger partial charge in [-0.25, -0.2) is 0 Å². The second-order valence-corrected chi connectivity index (χ2v) is 5.98. The molecule has 1 saturated heterocycles. The molecule has 2 nitrogen and oxygen atoms in total. The third kappa shape index (κ3) is 2.36. The van der Waals surface area contributed by atoms with E-state index in [0.717, 1.165) is 23.9 Å². The first kappa shape index (κ1) is 11.4. The zero-order valence-corrected chi connectivity index (χ0v) is 10.7. The lowest BCUT2D eigenvalue weighted by Gasteiger charge is -2.50. The third-order valence-electron chi connectivity index (χ3n) is 4.37. The lowest BCUT2D eigenvalue weighted by molar-refractivity contribution is 0.00827. The van der Waals surface area contributed by atoms with Crippen LogP contribution in [-0.4, -0.2) is 36.1 Å². The molecule has 0 aromatic rings. The predicted molar refractivity (Wildman–Crippen MR) is 65.0 cm³/mol. The van der Waals surface area contributed by atoms with Crippen molar-refractivity contribution in [3.63, 3.8) is 0 Å². The summed E-state index contributed by atoms with van der Waals surface area (Å²) in [6.45, 7) is 11.8. The molecule has 15 heavy (non-hydrogen) atoms. The van der Waals surface area contributed by atoms with E-state index in [0.29, 0.717) is 6.04 Å². The molecule has 0 aromatic carbocycles. The maximum atomic E-state index is 3.56. The maximum absolute atomic E-state index is 3.56. The van der Waals surface area contributed by atoms with Gasteiger partial charge in [-0.2, -0.15) is 0 Å².